The van der Waals surface area contributed by atoms with Crippen LogP contribution in [0.5, 0.6) is 0 Å². The highest BCUT2D eigenvalue weighted by Crippen LogP contribution is 2.30. The van der Waals surface area contributed by atoms with Crippen LogP contribution in [0.1, 0.15) is 10.4 Å². The van der Waals surface area contributed by atoms with Crippen molar-refractivity contribution in [3.8, 4) is 0 Å². The average molecular weight is 950 g/mol. The van der Waals surface area contributed by atoms with E-state index in [1.807, 2.05) is 0 Å². The van der Waals surface area contributed by atoms with Gasteiger partial charge >= 0.3 is 11.8 Å². The normalized spacial score (nSPS) is 11.5. The van der Waals surface area contributed by atoms with E-state index in [1.54, 1.807) is 30.3 Å². The number of Topliss-reactive ketones (excluding diaryl/α,β-unsaturated/α-hetero) is 1. The molecule has 0 heterocycles. The molecule has 0 fully saturated rings. The number of hydrogen-bond acceptors (Lipinski definition) is 5. The van der Waals surface area contributed by atoms with Crippen molar-refractivity contribution in [1.29, 1.82) is 0 Å². The largest absolute Gasteiger partial charge is 0.357 e. The second kappa shape index (κ2) is 18.5. The lowest BCUT2D eigenvalue weighted by Gasteiger charge is -2.44. The average Bonchev–Trinajstić information content (AvgIpc) is 3.23. The Morgan fingerprint density at radius 1 is 0.397 bits per heavy atom. The van der Waals surface area contributed by atoms with Gasteiger partial charge in [0.1, 0.15) is 63.6 Å². The van der Waals surface area contributed by atoms with Gasteiger partial charge in [-0.2, -0.15) is 0 Å². The summed E-state index contributed by atoms with van der Waals surface area (Å²) in [5.41, 5.74) is -13.9. The van der Waals surface area contributed by atoms with Crippen molar-refractivity contribution >= 4 is 44.7 Å². The fourth-order valence-electron chi connectivity index (χ4n) is 6.20. The standard InChI is InChI=1S/C24BF20.C10H11N2O5S/c26-5-1(6(27)14(35)21(42)13(5)34)25(2-7(28)15(36)22(43)16(37)8(2)29,3-9(30)17(38)23(44)18(39)10(3)31)4-11(32)19(40)24(45)20(41)12(4)33;13-10(9-4-2-1-3-5-9)6-18(7-11(14)15)8-12(16)17/h;1-5H,6-8H2/q-1;+1. The fraction of sp³-hybridized carbons (Fsp3) is 0.0882. The molecule has 0 unspecified atom stereocenters. The molecule has 0 radical (unpaired) electrons. The van der Waals surface area contributed by atoms with Gasteiger partial charge < -0.3 is 0 Å². The number of rotatable bonds is 11. The zero-order valence-corrected chi connectivity index (χ0v) is 30.3. The van der Waals surface area contributed by atoms with Gasteiger partial charge in [-0.1, -0.05) is 30.3 Å². The minimum atomic E-state index is -7.22. The maximum atomic E-state index is 15.4. The van der Waals surface area contributed by atoms with Crippen molar-refractivity contribution in [1.82, 2.24) is 0 Å². The monoisotopic (exact) mass is 950 g/mol. The SMILES string of the molecule is Fc1c(F)c(F)c([B-](c2c(F)c(F)c(F)c(F)c2F)(c2c(F)c(F)c(F)c(F)c2F)c2c(F)c(F)c(F)c(F)c2F)c(F)c1F.O=C(C[S+](C[N+](=O)[O-])C[N+](=O)[O-])c1ccccc1. The van der Waals surface area contributed by atoms with Gasteiger partial charge in [0.15, 0.2) is 75.6 Å². The quantitative estimate of drug-likeness (QED) is 0.0212. The summed E-state index contributed by atoms with van der Waals surface area (Å²) in [6, 6.07) is 8.26. The third-order valence-corrected chi connectivity index (χ3v) is 10.5. The fourth-order valence-corrected chi connectivity index (χ4v) is 7.60. The van der Waals surface area contributed by atoms with Gasteiger partial charge in [-0.15, -0.1) is 21.9 Å². The molecule has 0 N–H and O–H groups in total. The molecule has 0 atom stereocenters. The van der Waals surface area contributed by atoms with E-state index >= 15 is 35.1 Å². The van der Waals surface area contributed by atoms with Gasteiger partial charge in [-0.25, -0.2) is 87.8 Å². The molecule has 0 saturated heterocycles. The number of halogens is 20. The Hall–Kier alpha value is -6.42. The molecule has 0 aliphatic carbocycles. The number of carbonyl (C=O) groups excluding carboxylic acids is 1. The van der Waals surface area contributed by atoms with Crippen molar-refractivity contribution in [2.24, 2.45) is 0 Å². The highest BCUT2D eigenvalue weighted by Gasteiger charge is 2.52. The first-order valence-electron chi connectivity index (χ1n) is 15.9. The summed E-state index contributed by atoms with van der Waals surface area (Å²) in [5, 5.41) is 20.8. The number of nitrogens with zero attached hydrogens (tertiary/aromatic N) is 2. The zero-order chi connectivity index (χ0) is 47.9. The highest BCUT2D eigenvalue weighted by atomic mass is 32.2. The van der Waals surface area contributed by atoms with Crippen LogP contribution in [0.15, 0.2) is 30.3 Å². The van der Waals surface area contributed by atoms with E-state index in [4.69, 9.17) is 0 Å². The van der Waals surface area contributed by atoms with Crippen molar-refractivity contribution in [2.75, 3.05) is 17.5 Å². The predicted molar refractivity (Wildman–Crippen MR) is 176 cm³/mol. The third kappa shape index (κ3) is 8.43. The molecule has 0 aliphatic heterocycles. The van der Waals surface area contributed by atoms with Gasteiger partial charge in [0.05, 0.1) is 9.85 Å². The first-order chi connectivity index (χ1) is 29.2. The van der Waals surface area contributed by atoms with Crippen LogP contribution >= 0.6 is 0 Å². The molecule has 5 aromatic rings. The maximum absolute atomic E-state index is 15.4. The Kier molecular flexibility index (Phi) is 14.5. The molecule has 0 bridgehead atoms. The molecule has 0 saturated carbocycles. The number of nitro groups is 2. The molecule has 5 rings (SSSR count). The van der Waals surface area contributed by atoms with Gasteiger partial charge in [-0.05, 0) is 0 Å². The van der Waals surface area contributed by atoms with Gasteiger partial charge in [0, 0.05) is 5.56 Å². The Morgan fingerprint density at radius 3 is 0.810 bits per heavy atom. The van der Waals surface area contributed by atoms with E-state index < -0.39 is 177 Å². The van der Waals surface area contributed by atoms with Crippen LogP contribution in [0.3, 0.4) is 0 Å². The Labute approximate surface area is 337 Å². The summed E-state index contributed by atoms with van der Waals surface area (Å²) in [6.45, 7) is 0. The molecule has 0 spiro atoms. The van der Waals surface area contributed by atoms with E-state index in [2.05, 4.69) is 0 Å². The summed E-state index contributed by atoms with van der Waals surface area (Å²) in [7, 11) is -1.16. The van der Waals surface area contributed by atoms with Crippen LogP contribution in [0.2, 0.25) is 0 Å². The van der Waals surface area contributed by atoms with E-state index in [1.165, 1.54) is 0 Å². The van der Waals surface area contributed by atoms with Crippen LogP contribution in [0, 0.1) is 137 Å². The zero-order valence-electron chi connectivity index (χ0n) is 29.5. The van der Waals surface area contributed by atoms with Crippen LogP contribution in [-0.2, 0) is 10.9 Å². The van der Waals surface area contributed by atoms with Crippen molar-refractivity contribution in [3.05, 3.63) is 172 Å². The predicted octanol–water partition coefficient (Wildman–Crippen LogP) is 6.80. The van der Waals surface area contributed by atoms with Crippen LogP contribution in [-0.4, -0.2) is 39.3 Å². The van der Waals surface area contributed by atoms with Crippen LogP contribution in [0.4, 0.5) is 87.8 Å². The molecule has 63 heavy (non-hydrogen) atoms. The third-order valence-electron chi connectivity index (χ3n) is 8.71. The van der Waals surface area contributed by atoms with Crippen LogP contribution in [0.25, 0.3) is 0 Å². The number of carbonyl (C=O) groups is 1. The summed E-state index contributed by atoms with van der Waals surface area (Å²) >= 11 is 0. The van der Waals surface area contributed by atoms with Crippen LogP contribution < -0.4 is 21.9 Å². The summed E-state index contributed by atoms with van der Waals surface area (Å²) < 4.78 is 294. The van der Waals surface area contributed by atoms with E-state index in [9.17, 15) is 77.7 Å². The number of hydrogen-bond donors (Lipinski definition) is 0. The molecule has 0 amide bonds. The topological polar surface area (TPSA) is 103 Å². The van der Waals surface area contributed by atoms with Gasteiger partial charge in [0.25, 0.3) is 0 Å². The molecule has 5 aromatic carbocycles. The number of ketones is 1. The minimum absolute atomic E-state index is 0.161. The lowest BCUT2D eigenvalue weighted by Crippen LogP contribution is -2.81. The second-order valence-corrected chi connectivity index (χ2v) is 14.3. The smallest absolute Gasteiger partial charge is 0.289 e. The van der Waals surface area contributed by atoms with Crippen molar-refractivity contribution in [2.45, 2.75) is 0 Å². The number of benzene rings is 5. The Balaban J connectivity index is 0.000000405. The van der Waals surface area contributed by atoms with E-state index in [0.29, 0.717) is 5.56 Å². The van der Waals surface area contributed by atoms with Gasteiger partial charge in [-0.3, -0.25) is 25.0 Å². The summed E-state index contributed by atoms with van der Waals surface area (Å²) in [5.74, 6) is -73.0. The van der Waals surface area contributed by atoms with E-state index in [-0.39, 0.29) is 11.5 Å². The first kappa shape index (κ1) is 49.2. The summed E-state index contributed by atoms with van der Waals surface area (Å²) in [4.78, 5) is 31.3. The molecule has 7 nitrogen and oxygen atoms in total. The molecule has 0 aromatic heterocycles. The molecular formula is C34H11BF20N2O5S. The Morgan fingerprint density at radius 2 is 0.603 bits per heavy atom. The maximum Gasteiger partial charge on any atom is 0.357 e. The lowest BCUT2D eigenvalue weighted by molar-refractivity contribution is -0.469. The highest BCUT2D eigenvalue weighted by molar-refractivity contribution is 7.97. The summed E-state index contributed by atoms with van der Waals surface area (Å²) in [6.07, 6.45) is -7.22. The van der Waals surface area contributed by atoms with Gasteiger partial charge in [0.2, 0.25) is 5.78 Å². The molecule has 0 aliphatic rings. The van der Waals surface area contributed by atoms with Crippen molar-refractivity contribution in [3.63, 3.8) is 0 Å². The first-order valence-corrected chi connectivity index (χ1v) is 17.6. The second-order valence-electron chi connectivity index (χ2n) is 12.3. The molecule has 336 valence electrons. The molecule has 29 heteroatoms. The van der Waals surface area contributed by atoms with Crippen molar-refractivity contribution < 1.29 is 102 Å². The molecular weight excluding hydrogens is 939 g/mol. The minimum Gasteiger partial charge on any atom is -0.289 e. The van der Waals surface area contributed by atoms with E-state index in [0.717, 1.165) is 0 Å². The Bertz CT molecular complexity index is 2320. The lowest BCUT2D eigenvalue weighted by atomic mass is 9.12.